The first-order chi connectivity index (χ1) is 11.2. The van der Waals surface area contributed by atoms with E-state index in [9.17, 15) is 31.1 Å². The maximum Gasteiger partial charge on any atom is 0.417 e. The minimum absolute atomic E-state index is 0.218. The lowest BCUT2D eigenvalue weighted by Gasteiger charge is -2.12. The Labute approximate surface area is 132 Å². The molecule has 8 heteroatoms. The molecule has 1 amide bonds. The number of allylic oxidation sites excluding steroid dienone is 1. The van der Waals surface area contributed by atoms with Crippen LogP contribution in [0, 0.1) is 17.5 Å². The summed E-state index contributed by atoms with van der Waals surface area (Å²) >= 11 is 0. The highest BCUT2D eigenvalue weighted by Crippen LogP contribution is 2.33. The van der Waals surface area contributed by atoms with Crippen LogP contribution >= 0.6 is 0 Å². The van der Waals surface area contributed by atoms with E-state index < -0.39 is 40.8 Å². The van der Waals surface area contributed by atoms with Crippen LogP contribution in [0.2, 0.25) is 0 Å². The average Bonchev–Trinajstić information content (AvgIpc) is 2.53. The van der Waals surface area contributed by atoms with E-state index >= 15 is 0 Å². The molecule has 0 unspecified atom stereocenters. The van der Waals surface area contributed by atoms with Gasteiger partial charge >= 0.3 is 6.18 Å². The van der Waals surface area contributed by atoms with Gasteiger partial charge in [0.1, 0.15) is 0 Å². The Bertz CT molecular complexity index is 783. The van der Waals surface area contributed by atoms with Gasteiger partial charge in [0.25, 0.3) is 0 Å². The normalized spacial score (nSPS) is 12.2. The molecule has 0 aromatic heterocycles. The van der Waals surface area contributed by atoms with E-state index in [0.717, 1.165) is 12.1 Å². The van der Waals surface area contributed by atoms with Crippen LogP contribution in [-0.2, 0) is 4.79 Å². The third kappa shape index (κ3) is 3.95. The van der Waals surface area contributed by atoms with Gasteiger partial charge in [-0.05, 0) is 17.7 Å². The largest absolute Gasteiger partial charge is 0.417 e. The summed E-state index contributed by atoms with van der Waals surface area (Å²) in [6, 6.07) is 7.72. The molecule has 0 aliphatic heterocycles. The predicted molar refractivity (Wildman–Crippen MR) is 75.4 cm³/mol. The third-order valence-electron chi connectivity index (χ3n) is 2.96. The van der Waals surface area contributed by atoms with Crippen molar-refractivity contribution in [3.8, 4) is 0 Å². The molecule has 2 aromatic carbocycles. The van der Waals surface area contributed by atoms with Gasteiger partial charge in [0, 0.05) is 6.08 Å². The second kappa shape index (κ2) is 6.77. The van der Waals surface area contributed by atoms with Crippen molar-refractivity contribution in [1.82, 2.24) is 0 Å². The zero-order chi connectivity index (χ0) is 17.9. The minimum Gasteiger partial charge on any atom is -0.320 e. The van der Waals surface area contributed by atoms with Gasteiger partial charge in [-0.25, -0.2) is 13.2 Å². The lowest BCUT2D eigenvalue weighted by atomic mass is 10.1. The quantitative estimate of drug-likeness (QED) is 0.488. The van der Waals surface area contributed by atoms with E-state index in [2.05, 4.69) is 0 Å². The fraction of sp³-hybridized carbons (Fsp3) is 0.0625. The second-order valence-electron chi connectivity index (χ2n) is 4.63. The Kier molecular flexibility index (Phi) is 4.96. The monoisotopic (exact) mass is 345 g/mol. The summed E-state index contributed by atoms with van der Waals surface area (Å²) in [6.45, 7) is 0. The van der Waals surface area contributed by atoms with Gasteiger partial charge in [0.15, 0.2) is 17.5 Å². The number of alkyl halides is 3. The summed E-state index contributed by atoms with van der Waals surface area (Å²) < 4.78 is 78.5. The van der Waals surface area contributed by atoms with E-state index in [1.165, 1.54) is 18.2 Å². The van der Waals surface area contributed by atoms with E-state index in [0.29, 0.717) is 12.1 Å². The van der Waals surface area contributed by atoms with Crippen molar-refractivity contribution in [2.24, 2.45) is 0 Å². The van der Waals surface area contributed by atoms with Gasteiger partial charge < -0.3 is 5.32 Å². The predicted octanol–water partition coefficient (Wildman–Crippen LogP) is 4.69. The van der Waals surface area contributed by atoms with Gasteiger partial charge in [-0.2, -0.15) is 13.2 Å². The van der Waals surface area contributed by atoms with Crippen molar-refractivity contribution < 1.29 is 31.1 Å². The first-order valence-electron chi connectivity index (χ1n) is 6.49. The highest BCUT2D eigenvalue weighted by Gasteiger charge is 2.35. The van der Waals surface area contributed by atoms with Crippen LogP contribution in [0.25, 0.3) is 5.57 Å². The van der Waals surface area contributed by atoms with Crippen LogP contribution in [-0.4, -0.2) is 12.1 Å². The molecule has 0 aliphatic carbocycles. The second-order valence-corrected chi connectivity index (χ2v) is 4.63. The SMILES string of the molecule is O=C(/C=C(/c1ccccc1)C(F)(F)F)Nc1ccc(F)c(F)c1F. The molecule has 0 bridgehead atoms. The number of nitrogens with one attached hydrogen (secondary N) is 1. The molecule has 0 saturated carbocycles. The van der Waals surface area contributed by atoms with Crippen LogP contribution in [0.3, 0.4) is 0 Å². The first-order valence-corrected chi connectivity index (χ1v) is 6.49. The van der Waals surface area contributed by atoms with Gasteiger partial charge in [-0.15, -0.1) is 0 Å². The number of hydrogen-bond donors (Lipinski definition) is 1. The standard InChI is InChI=1S/C16H9F6NO/c17-11-6-7-12(15(19)14(11)18)23-13(24)8-10(16(20,21)22)9-4-2-1-3-5-9/h1-8H,(H,23,24)/b10-8-. The maximum atomic E-state index is 13.4. The Hall–Kier alpha value is -2.77. The van der Waals surface area contributed by atoms with Crippen LogP contribution in [0.4, 0.5) is 32.0 Å². The van der Waals surface area contributed by atoms with E-state index in [1.54, 1.807) is 5.32 Å². The Morgan fingerprint density at radius 3 is 2.12 bits per heavy atom. The molecule has 0 spiro atoms. The van der Waals surface area contributed by atoms with Crippen LogP contribution < -0.4 is 5.32 Å². The van der Waals surface area contributed by atoms with Gasteiger partial charge in [-0.3, -0.25) is 4.79 Å². The minimum atomic E-state index is -4.84. The van der Waals surface area contributed by atoms with Crippen LogP contribution in [0.15, 0.2) is 48.5 Å². The molecule has 0 fully saturated rings. The summed E-state index contributed by atoms with van der Waals surface area (Å²) in [5, 5.41) is 1.75. The zero-order valence-electron chi connectivity index (χ0n) is 11.8. The van der Waals surface area contributed by atoms with E-state index in [-0.39, 0.29) is 11.6 Å². The smallest absolute Gasteiger partial charge is 0.320 e. The molecule has 24 heavy (non-hydrogen) atoms. The summed E-state index contributed by atoms with van der Waals surface area (Å²) in [6.07, 6.45) is -4.62. The van der Waals surface area contributed by atoms with Crippen molar-refractivity contribution in [3.63, 3.8) is 0 Å². The highest BCUT2D eigenvalue weighted by atomic mass is 19.4. The summed E-state index contributed by atoms with van der Waals surface area (Å²) in [7, 11) is 0. The molecule has 126 valence electrons. The average molecular weight is 345 g/mol. The number of benzene rings is 2. The number of carbonyl (C=O) groups is 1. The van der Waals surface area contributed by atoms with Crippen molar-refractivity contribution in [3.05, 3.63) is 71.6 Å². The molecular weight excluding hydrogens is 336 g/mol. The molecule has 0 heterocycles. The molecule has 0 aliphatic rings. The summed E-state index contributed by atoms with van der Waals surface area (Å²) in [4.78, 5) is 11.7. The van der Waals surface area contributed by atoms with Gasteiger partial charge in [0.05, 0.1) is 11.3 Å². The topological polar surface area (TPSA) is 29.1 Å². The third-order valence-corrected chi connectivity index (χ3v) is 2.96. The molecule has 0 atom stereocenters. The van der Waals surface area contributed by atoms with Gasteiger partial charge in [-0.1, -0.05) is 30.3 Å². The Morgan fingerprint density at radius 1 is 0.917 bits per heavy atom. The number of rotatable bonds is 3. The summed E-state index contributed by atoms with van der Waals surface area (Å²) in [5.41, 5.74) is -2.31. The van der Waals surface area contributed by atoms with Crippen molar-refractivity contribution in [1.29, 1.82) is 0 Å². The van der Waals surface area contributed by atoms with Crippen molar-refractivity contribution in [2.45, 2.75) is 6.18 Å². The number of hydrogen-bond acceptors (Lipinski definition) is 1. The van der Waals surface area contributed by atoms with E-state index in [1.807, 2.05) is 0 Å². The van der Waals surface area contributed by atoms with Crippen molar-refractivity contribution in [2.75, 3.05) is 5.32 Å². The van der Waals surface area contributed by atoms with Crippen LogP contribution in [0.1, 0.15) is 5.56 Å². The molecule has 2 nitrogen and oxygen atoms in total. The summed E-state index contributed by atoms with van der Waals surface area (Å²) in [5.74, 6) is -6.36. The molecule has 0 saturated heterocycles. The first kappa shape index (κ1) is 17.6. The Morgan fingerprint density at radius 2 is 1.54 bits per heavy atom. The zero-order valence-corrected chi connectivity index (χ0v) is 11.8. The molecule has 0 radical (unpaired) electrons. The van der Waals surface area contributed by atoms with Crippen molar-refractivity contribution >= 4 is 17.2 Å². The molecule has 2 aromatic rings. The number of anilines is 1. The van der Waals surface area contributed by atoms with Gasteiger partial charge in [0.2, 0.25) is 5.91 Å². The molecule has 1 N–H and O–H groups in total. The molecular formula is C16H9F6NO. The lowest BCUT2D eigenvalue weighted by Crippen LogP contribution is -2.16. The van der Waals surface area contributed by atoms with Crippen LogP contribution in [0.5, 0.6) is 0 Å². The molecule has 2 rings (SSSR count). The highest BCUT2D eigenvalue weighted by molar-refractivity contribution is 6.04. The number of carbonyl (C=O) groups excluding carboxylic acids is 1. The fourth-order valence-corrected chi connectivity index (χ4v) is 1.87. The number of halogens is 6. The fourth-order valence-electron chi connectivity index (χ4n) is 1.87. The maximum absolute atomic E-state index is 13.4. The lowest BCUT2D eigenvalue weighted by molar-refractivity contribution is -0.112. The number of amides is 1. The van der Waals surface area contributed by atoms with E-state index in [4.69, 9.17) is 0 Å². The Balaban J connectivity index is 2.34.